The number of aromatic nitrogens is 4. The number of hydrogen-bond acceptors (Lipinski definition) is 6. The van der Waals surface area contributed by atoms with Crippen LogP contribution in [0.4, 0.5) is 0 Å². The van der Waals surface area contributed by atoms with Crippen molar-refractivity contribution in [2.45, 2.75) is 123 Å². The molecule has 0 atom stereocenters. The van der Waals surface area contributed by atoms with Crippen molar-refractivity contribution in [1.82, 2.24) is 19.9 Å². The van der Waals surface area contributed by atoms with E-state index in [2.05, 4.69) is 129 Å². The predicted molar refractivity (Wildman–Crippen MR) is 291 cm³/mol. The minimum absolute atomic E-state index is 0.0507. The number of aryl methyl sites for hydroxylation is 2. The van der Waals surface area contributed by atoms with Gasteiger partial charge in [0, 0.05) is 38.9 Å². The normalized spacial score (nSPS) is 12.3. The van der Waals surface area contributed by atoms with Crippen molar-refractivity contribution < 1.29 is 0 Å². The lowest BCUT2D eigenvalue weighted by molar-refractivity contribution is 0.398. The summed E-state index contributed by atoms with van der Waals surface area (Å²) in [5, 5.41) is 18.9. The molecule has 6 nitrogen and oxygen atoms in total. The molecule has 6 aromatic carbocycles. The maximum Gasteiger partial charge on any atom is 0.160 e. The van der Waals surface area contributed by atoms with Gasteiger partial charge in [-0.1, -0.05) is 175 Å². The van der Waals surface area contributed by atoms with Gasteiger partial charge in [0.05, 0.1) is 40.3 Å². The van der Waals surface area contributed by atoms with Gasteiger partial charge < -0.3 is 0 Å². The van der Waals surface area contributed by atoms with Gasteiger partial charge in [-0.15, -0.1) is 0 Å². The van der Waals surface area contributed by atoms with Crippen LogP contribution in [-0.4, -0.2) is 19.9 Å². The smallest absolute Gasteiger partial charge is 0.160 e. The first-order valence-electron chi connectivity index (χ1n) is 26.0. The molecular formula is C65H64N6. The number of hydrogen-bond donors (Lipinski definition) is 0. The first-order valence-corrected chi connectivity index (χ1v) is 26.0. The number of nitrogens with zero attached hydrogens (tertiary/aromatic N) is 6. The number of rotatable bonds is 20. The van der Waals surface area contributed by atoms with Crippen LogP contribution in [0.3, 0.4) is 0 Å². The second-order valence-corrected chi connectivity index (χ2v) is 19.6. The third-order valence-electron chi connectivity index (χ3n) is 14.5. The van der Waals surface area contributed by atoms with E-state index >= 15 is 0 Å². The van der Waals surface area contributed by atoms with Crippen molar-refractivity contribution >= 4 is 0 Å². The van der Waals surface area contributed by atoms with Gasteiger partial charge in [-0.3, -0.25) is 0 Å². The molecule has 0 spiro atoms. The third-order valence-corrected chi connectivity index (χ3v) is 14.5. The van der Waals surface area contributed by atoms with Crippen LogP contribution in [0.15, 0.2) is 146 Å². The summed E-state index contributed by atoms with van der Waals surface area (Å²) in [6.45, 7) is 8.83. The molecule has 9 rings (SSSR count). The van der Waals surface area contributed by atoms with E-state index < -0.39 is 0 Å². The minimum atomic E-state index is -0.0507. The molecule has 6 heteroatoms. The summed E-state index contributed by atoms with van der Waals surface area (Å²) >= 11 is 0. The fourth-order valence-corrected chi connectivity index (χ4v) is 10.6. The lowest BCUT2D eigenvalue weighted by atomic mass is 9.70. The van der Waals surface area contributed by atoms with Crippen molar-refractivity contribution in [2.24, 2.45) is 0 Å². The maximum absolute atomic E-state index is 9.64. The Hall–Kier alpha value is -7.54. The van der Waals surface area contributed by atoms with E-state index in [1.165, 1.54) is 105 Å². The molecule has 0 saturated heterocycles. The highest BCUT2D eigenvalue weighted by molar-refractivity contribution is 5.85. The molecule has 0 aliphatic heterocycles. The second kappa shape index (κ2) is 22.5. The number of unbranched alkanes of at least 4 members (excludes halogenated alkanes) is 10. The predicted octanol–water partition coefficient (Wildman–Crippen LogP) is 17.4. The van der Waals surface area contributed by atoms with Crippen molar-refractivity contribution in [1.29, 1.82) is 10.5 Å². The van der Waals surface area contributed by atoms with Crippen molar-refractivity contribution in [3.63, 3.8) is 0 Å². The average molecular weight is 929 g/mol. The molecule has 354 valence electrons. The van der Waals surface area contributed by atoms with Crippen molar-refractivity contribution in [2.75, 3.05) is 0 Å². The quantitative estimate of drug-likeness (QED) is 0.0706. The molecule has 0 unspecified atom stereocenters. The van der Waals surface area contributed by atoms with Crippen LogP contribution in [0.1, 0.15) is 137 Å². The highest BCUT2D eigenvalue weighted by Crippen LogP contribution is 2.55. The van der Waals surface area contributed by atoms with Gasteiger partial charge in [0.1, 0.15) is 0 Å². The lowest BCUT2D eigenvalue weighted by Gasteiger charge is -2.33. The Kier molecular flexibility index (Phi) is 15.3. The fourth-order valence-electron chi connectivity index (χ4n) is 10.6. The summed E-state index contributed by atoms with van der Waals surface area (Å²) in [5.74, 6) is 1.27. The Labute approximate surface area is 421 Å². The molecule has 71 heavy (non-hydrogen) atoms. The van der Waals surface area contributed by atoms with E-state index in [-0.39, 0.29) is 5.41 Å². The molecule has 8 aromatic rings. The second-order valence-electron chi connectivity index (χ2n) is 19.6. The zero-order valence-corrected chi connectivity index (χ0v) is 41.9. The third kappa shape index (κ3) is 10.9. The summed E-state index contributed by atoms with van der Waals surface area (Å²) in [6, 6.07) is 55.0. The highest BCUT2D eigenvalue weighted by Gasteiger charge is 2.42. The molecule has 1 aliphatic carbocycles. The molecule has 1 aliphatic rings. The molecule has 0 saturated carbocycles. The molecule has 0 radical (unpaired) electrons. The molecule has 0 fully saturated rings. The van der Waals surface area contributed by atoms with Crippen LogP contribution in [0.2, 0.25) is 0 Å². The van der Waals surface area contributed by atoms with Gasteiger partial charge in [-0.05, 0) is 127 Å². The van der Waals surface area contributed by atoms with Crippen LogP contribution >= 0.6 is 0 Å². The van der Waals surface area contributed by atoms with E-state index in [4.69, 9.17) is 15.0 Å². The molecule has 0 N–H and O–H groups in total. The summed E-state index contributed by atoms with van der Waals surface area (Å²) in [6.07, 6.45) is 17.7. The van der Waals surface area contributed by atoms with Crippen LogP contribution in [0, 0.1) is 36.5 Å². The molecule has 0 amide bonds. The molecular weight excluding hydrogens is 865 g/mol. The van der Waals surface area contributed by atoms with Crippen molar-refractivity contribution in [3.8, 4) is 90.9 Å². The number of fused-ring (bicyclic) bond motifs is 3. The monoisotopic (exact) mass is 929 g/mol. The highest BCUT2D eigenvalue weighted by atomic mass is 14.9. The van der Waals surface area contributed by atoms with Gasteiger partial charge in [0.15, 0.2) is 11.6 Å². The lowest BCUT2D eigenvalue weighted by Crippen LogP contribution is -2.25. The van der Waals surface area contributed by atoms with E-state index in [0.717, 1.165) is 74.6 Å². The zero-order chi connectivity index (χ0) is 49.2. The minimum Gasteiger partial charge on any atom is -0.233 e. The summed E-state index contributed by atoms with van der Waals surface area (Å²) in [5.41, 5.74) is 18.7. The number of benzene rings is 6. The van der Waals surface area contributed by atoms with Gasteiger partial charge in [0.2, 0.25) is 0 Å². The van der Waals surface area contributed by atoms with Crippen molar-refractivity contribution in [3.05, 3.63) is 179 Å². The Balaban J connectivity index is 1.05. The van der Waals surface area contributed by atoms with E-state index in [1.807, 2.05) is 49.4 Å². The van der Waals surface area contributed by atoms with Gasteiger partial charge in [0.25, 0.3) is 0 Å². The molecule has 0 bridgehead atoms. The Bertz CT molecular complexity index is 3170. The van der Waals surface area contributed by atoms with E-state index in [1.54, 1.807) is 12.1 Å². The van der Waals surface area contributed by atoms with Crippen LogP contribution < -0.4 is 0 Å². The number of nitriles is 2. The Morgan fingerprint density at radius 2 is 0.775 bits per heavy atom. The van der Waals surface area contributed by atoms with E-state index in [0.29, 0.717) is 22.8 Å². The van der Waals surface area contributed by atoms with Crippen LogP contribution in [0.5, 0.6) is 0 Å². The molecule has 2 heterocycles. The topological polar surface area (TPSA) is 99.1 Å². The Morgan fingerprint density at radius 3 is 1.28 bits per heavy atom. The van der Waals surface area contributed by atoms with Gasteiger partial charge in [-0.25, -0.2) is 19.9 Å². The Morgan fingerprint density at radius 1 is 0.380 bits per heavy atom. The fraction of sp³-hybridized carbons (Fsp3) is 0.292. The van der Waals surface area contributed by atoms with E-state index in [9.17, 15) is 10.5 Å². The summed E-state index contributed by atoms with van der Waals surface area (Å²) in [4.78, 5) is 20.1. The summed E-state index contributed by atoms with van der Waals surface area (Å²) < 4.78 is 0. The van der Waals surface area contributed by atoms with Gasteiger partial charge in [-0.2, -0.15) is 10.5 Å². The van der Waals surface area contributed by atoms with Gasteiger partial charge >= 0.3 is 0 Å². The van der Waals surface area contributed by atoms with Crippen LogP contribution in [0.25, 0.3) is 78.8 Å². The maximum atomic E-state index is 9.64. The molecule has 2 aromatic heterocycles. The first kappa shape index (κ1) is 48.5. The average Bonchev–Trinajstić information content (AvgIpc) is 3.67. The summed E-state index contributed by atoms with van der Waals surface area (Å²) in [7, 11) is 0. The standard InChI is InChI=1S/C65H64N6/c1-5-7-9-11-13-15-37-65(38-16-14-12-10-8-6-2)58-39-45(3)17-35-56(58)57-36-34-55(41-59(57)65)62-42-61(70-64(71-62)54-24-20-48(44-67)21-25-54)52-32-28-50(29-33-52)49-26-30-51(31-27-49)60-40-46(4)68-63(69-60)53-22-18-47(43-66)19-23-53/h17-36,39-42H,5-16,37-38H2,1-4H3. The largest absolute Gasteiger partial charge is 0.233 e. The zero-order valence-electron chi connectivity index (χ0n) is 41.9. The SMILES string of the molecule is CCCCCCCCC1(CCCCCCCC)c2cc(C)ccc2-c2ccc(-c3cc(-c4ccc(-c5ccc(-c6cc(C)nc(-c7ccc(C#N)cc7)n6)cc5)cc4)nc(-c4ccc(C#N)cc4)n3)cc21. The first-order chi connectivity index (χ1) is 34.8. The van der Waals surface area contributed by atoms with Crippen LogP contribution in [-0.2, 0) is 5.41 Å².